The van der Waals surface area contributed by atoms with E-state index in [4.69, 9.17) is 9.47 Å². The minimum absolute atomic E-state index is 0.158. The number of carbonyl (C=O) groups is 4. The fraction of sp³-hybridized carbons (Fsp3) is 0.280. The number of fused-ring (bicyclic) bond motifs is 2. The molecule has 1 fully saturated rings. The van der Waals surface area contributed by atoms with Crippen molar-refractivity contribution >= 4 is 29.7 Å². The standard InChI is InChI=1S/C25H23N3O6/c1-33-20-3-2-4-21-18(20)10-16(13-34-21)23(30)26-11-14-5-6-17-15(9-14)12-28(25(17)32)19-7-8-22(29)27-24(19)31/h2-6,9-10,19H,7-8,11-13H2,1H3,(H,26,30)(H,27,29,31). The molecule has 0 saturated carbocycles. The summed E-state index contributed by atoms with van der Waals surface area (Å²) in [5.74, 6) is 0.0662. The molecule has 2 aromatic carbocycles. The Morgan fingerprint density at radius 1 is 1.24 bits per heavy atom. The molecule has 1 saturated heterocycles. The van der Waals surface area contributed by atoms with E-state index in [-0.39, 0.29) is 43.8 Å². The lowest BCUT2D eigenvalue weighted by Gasteiger charge is -2.29. The maximum absolute atomic E-state index is 12.8. The molecule has 2 aromatic rings. The molecule has 0 aromatic heterocycles. The first kappa shape index (κ1) is 21.7. The summed E-state index contributed by atoms with van der Waals surface area (Å²) in [6.07, 6.45) is 2.30. The van der Waals surface area contributed by atoms with Gasteiger partial charge in [0, 0.05) is 25.1 Å². The number of carbonyl (C=O) groups excluding carboxylic acids is 4. The minimum Gasteiger partial charge on any atom is -0.496 e. The van der Waals surface area contributed by atoms with Crippen molar-refractivity contribution in [3.05, 3.63) is 64.2 Å². The highest BCUT2D eigenvalue weighted by Crippen LogP contribution is 2.34. The molecule has 34 heavy (non-hydrogen) atoms. The average molecular weight is 461 g/mol. The summed E-state index contributed by atoms with van der Waals surface area (Å²) in [5, 5.41) is 5.20. The number of imide groups is 1. The molecule has 3 aliphatic heterocycles. The van der Waals surface area contributed by atoms with Crippen LogP contribution in [0.1, 0.15) is 39.9 Å². The molecule has 0 spiro atoms. The van der Waals surface area contributed by atoms with E-state index in [1.807, 2.05) is 24.3 Å². The van der Waals surface area contributed by atoms with Crippen molar-refractivity contribution in [1.82, 2.24) is 15.5 Å². The molecule has 0 aliphatic carbocycles. The molecular formula is C25H23N3O6. The van der Waals surface area contributed by atoms with E-state index < -0.39 is 11.9 Å². The van der Waals surface area contributed by atoms with Gasteiger partial charge in [-0.3, -0.25) is 24.5 Å². The summed E-state index contributed by atoms with van der Waals surface area (Å²) in [4.78, 5) is 50.7. The van der Waals surface area contributed by atoms with Gasteiger partial charge in [-0.15, -0.1) is 0 Å². The highest BCUT2D eigenvalue weighted by Gasteiger charge is 2.39. The van der Waals surface area contributed by atoms with E-state index >= 15 is 0 Å². The molecule has 0 radical (unpaired) electrons. The van der Waals surface area contributed by atoms with Crippen molar-refractivity contribution in [3.8, 4) is 11.5 Å². The minimum atomic E-state index is -0.654. The number of ether oxygens (including phenoxy) is 2. The van der Waals surface area contributed by atoms with Gasteiger partial charge in [0.2, 0.25) is 11.8 Å². The zero-order valence-electron chi connectivity index (χ0n) is 18.6. The fourth-order valence-electron chi connectivity index (χ4n) is 4.51. The van der Waals surface area contributed by atoms with Crippen LogP contribution in [0.4, 0.5) is 0 Å². The Hall–Kier alpha value is -4.14. The lowest BCUT2D eigenvalue weighted by atomic mass is 10.0. The van der Waals surface area contributed by atoms with Gasteiger partial charge >= 0.3 is 0 Å². The molecule has 0 bridgehead atoms. The Balaban J connectivity index is 1.26. The highest BCUT2D eigenvalue weighted by atomic mass is 16.5. The SMILES string of the molecule is COc1cccc2c1C=C(C(=O)NCc1ccc3c(c1)CN(C1CCC(=O)NC1=O)C3=O)CO2. The zero-order chi connectivity index (χ0) is 23.8. The van der Waals surface area contributed by atoms with Gasteiger partial charge in [-0.2, -0.15) is 0 Å². The third-order valence-corrected chi connectivity index (χ3v) is 6.28. The number of hydrogen-bond acceptors (Lipinski definition) is 6. The van der Waals surface area contributed by atoms with Crippen molar-refractivity contribution < 1.29 is 28.7 Å². The second kappa shape index (κ2) is 8.66. The molecular weight excluding hydrogens is 438 g/mol. The molecule has 4 amide bonds. The van der Waals surface area contributed by atoms with Crippen molar-refractivity contribution in [3.63, 3.8) is 0 Å². The van der Waals surface area contributed by atoms with Crippen molar-refractivity contribution in [2.24, 2.45) is 0 Å². The number of rotatable bonds is 5. The normalized spacial score (nSPS) is 19.0. The topological polar surface area (TPSA) is 114 Å². The van der Waals surface area contributed by atoms with E-state index in [0.717, 1.165) is 16.7 Å². The number of amides is 4. The number of hydrogen-bond donors (Lipinski definition) is 2. The third kappa shape index (κ3) is 3.89. The molecule has 1 atom stereocenters. The second-order valence-electron chi connectivity index (χ2n) is 8.40. The van der Waals surface area contributed by atoms with Crippen molar-refractivity contribution in [1.29, 1.82) is 0 Å². The first-order valence-electron chi connectivity index (χ1n) is 11.0. The Bertz CT molecular complexity index is 1250. The number of methoxy groups -OCH3 is 1. The van der Waals surface area contributed by atoms with Gasteiger partial charge in [-0.1, -0.05) is 18.2 Å². The van der Waals surface area contributed by atoms with Gasteiger partial charge < -0.3 is 19.7 Å². The van der Waals surface area contributed by atoms with Crippen LogP contribution in [0, 0.1) is 0 Å². The summed E-state index contributed by atoms with van der Waals surface area (Å²) in [7, 11) is 1.57. The summed E-state index contributed by atoms with van der Waals surface area (Å²) in [6.45, 7) is 0.720. The maximum atomic E-state index is 12.8. The first-order chi connectivity index (χ1) is 16.4. The molecule has 2 N–H and O–H groups in total. The Kier molecular flexibility index (Phi) is 5.53. The van der Waals surface area contributed by atoms with E-state index in [0.29, 0.717) is 29.1 Å². The van der Waals surface area contributed by atoms with Crippen LogP contribution < -0.4 is 20.1 Å². The lowest BCUT2D eigenvalue weighted by Crippen LogP contribution is -2.52. The van der Waals surface area contributed by atoms with Crippen LogP contribution in [0.15, 0.2) is 42.0 Å². The molecule has 5 rings (SSSR count). The largest absolute Gasteiger partial charge is 0.496 e. The smallest absolute Gasteiger partial charge is 0.255 e. The van der Waals surface area contributed by atoms with Gasteiger partial charge in [0.1, 0.15) is 24.1 Å². The zero-order valence-corrected chi connectivity index (χ0v) is 18.6. The van der Waals surface area contributed by atoms with Crippen molar-refractivity contribution in [2.75, 3.05) is 13.7 Å². The fourth-order valence-corrected chi connectivity index (χ4v) is 4.51. The Morgan fingerprint density at radius 3 is 2.88 bits per heavy atom. The molecule has 3 heterocycles. The summed E-state index contributed by atoms with van der Waals surface area (Å²) in [5.41, 5.74) is 3.37. The molecule has 1 unspecified atom stereocenters. The molecule has 3 aliphatic rings. The maximum Gasteiger partial charge on any atom is 0.255 e. The number of nitrogens with one attached hydrogen (secondary N) is 2. The van der Waals surface area contributed by atoms with Gasteiger partial charge in [-0.05, 0) is 41.8 Å². The second-order valence-corrected chi connectivity index (χ2v) is 8.40. The van der Waals surface area contributed by atoms with Crippen LogP contribution >= 0.6 is 0 Å². The van der Waals surface area contributed by atoms with Gasteiger partial charge in [0.25, 0.3) is 11.8 Å². The summed E-state index contributed by atoms with van der Waals surface area (Å²) in [6, 6.07) is 10.2. The molecule has 9 heteroatoms. The van der Waals surface area contributed by atoms with Crippen molar-refractivity contribution in [2.45, 2.75) is 32.0 Å². The van der Waals surface area contributed by atoms with Crippen LogP contribution in [0.25, 0.3) is 6.08 Å². The van der Waals surface area contributed by atoms with E-state index in [2.05, 4.69) is 10.6 Å². The summed E-state index contributed by atoms with van der Waals surface area (Å²) < 4.78 is 11.1. The van der Waals surface area contributed by atoms with Crippen LogP contribution in [-0.2, 0) is 27.5 Å². The lowest BCUT2D eigenvalue weighted by molar-refractivity contribution is -0.137. The van der Waals surface area contributed by atoms with Crippen LogP contribution in [-0.4, -0.2) is 48.3 Å². The molecule has 174 valence electrons. The van der Waals surface area contributed by atoms with Crippen LogP contribution in [0.5, 0.6) is 11.5 Å². The third-order valence-electron chi connectivity index (χ3n) is 6.28. The highest BCUT2D eigenvalue weighted by molar-refractivity contribution is 6.05. The van der Waals surface area contributed by atoms with Gasteiger partial charge in [0.05, 0.1) is 18.2 Å². The molecule has 9 nitrogen and oxygen atoms in total. The Morgan fingerprint density at radius 2 is 2.09 bits per heavy atom. The van der Waals surface area contributed by atoms with Gasteiger partial charge in [-0.25, -0.2) is 0 Å². The Labute approximate surface area is 195 Å². The summed E-state index contributed by atoms with van der Waals surface area (Å²) >= 11 is 0. The van der Waals surface area contributed by atoms with Crippen LogP contribution in [0.2, 0.25) is 0 Å². The monoisotopic (exact) mass is 461 g/mol. The van der Waals surface area contributed by atoms with Crippen LogP contribution in [0.3, 0.4) is 0 Å². The number of piperidine rings is 1. The average Bonchev–Trinajstić information content (AvgIpc) is 3.17. The predicted molar refractivity (Wildman–Crippen MR) is 121 cm³/mol. The van der Waals surface area contributed by atoms with Gasteiger partial charge in [0.15, 0.2) is 0 Å². The van der Waals surface area contributed by atoms with E-state index in [1.54, 1.807) is 25.3 Å². The number of nitrogens with zero attached hydrogens (tertiary/aromatic N) is 1. The quantitative estimate of drug-likeness (QED) is 0.653. The first-order valence-corrected chi connectivity index (χ1v) is 11.0. The van der Waals surface area contributed by atoms with E-state index in [9.17, 15) is 19.2 Å². The number of benzene rings is 2. The predicted octanol–water partition coefficient (Wildman–Crippen LogP) is 1.55. The van der Waals surface area contributed by atoms with E-state index in [1.165, 1.54) is 4.90 Å².